The molecule has 0 N–H and O–H groups in total. The minimum Gasteiger partial charge on any atom is -0.372 e. The highest BCUT2D eigenvalue weighted by Crippen LogP contribution is 2.19. The number of hydrogen-bond donors (Lipinski definition) is 0. The van der Waals surface area contributed by atoms with Gasteiger partial charge in [0.25, 0.3) is 0 Å². The Labute approximate surface area is 311 Å². The maximum Gasteiger partial charge on any atom is 0.172 e. The number of hydrogen-bond acceptors (Lipinski definition) is 2. The molecule has 0 saturated carbocycles. The van der Waals surface area contributed by atoms with Gasteiger partial charge in [-0.15, -0.1) is 0 Å². The summed E-state index contributed by atoms with van der Waals surface area (Å²) in [6.07, 6.45) is 30.0. The molecule has 0 saturated heterocycles. The monoisotopic (exact) mass is 687 g/mol. The van der Waals surface area contributed by atoms with Gasteiger partial charge < -0.3 is 9.80 Å². The highest BCUT2D eigenvalue weighted by Gasteiger charge is 2.07. The van der Waals surface area contributed by atoms with E-state index in [1.165, 1.54) is 103 Å². The molecule has 0 aliphatic rings. The fourth-order valence-corrected chi connectivity index (χ4v) is 6.97. The summed E-state index contributed by atoms with van der Waals surface area (Å²) in [5.41, 5.74) is 10.3. The molecule has 0 spiro atoms. The van der Waals surface area contributed by atoms with Gasteiger partial charge in [0, 0.05) is 73.7 Å². The minimum atomic E-state index is 1.04. The van der Waals surface area contributed by atoms with Crippen molar-refractivity contribution in [2.75, 3.05) is 36.0 Å². The van der Waals surface area contributed by atoms with Gasteiger partial charge in [-0.1, -0.05) is 80.7 Å². The Balaban J connectivity index is 1.05. The van der Waals surface area contributed by atoms with Crippen molar-refractivity contribution in [3.8, 4) is 0 Å². The van der Waals surface area contributed by atoms with Gasteiger partial charge >= 0.3 is 0 Å². The lowest BCUT2D eigenvalue weighted by Crippen LogP contribution is -2.33. The second-order valence-electron chi connectivity index (χ2n) is 14.0. The quantitative estimate of drug-likeness (QED) is 0.0603. The molecule has 0 amide bonds. The van der Waals surface area contributed by atoms with E-state index in [1.807, 2.05) is 0 Å². The van der Waals surface area contributed by atoms with Crippen LogP contribution in [0, 0.1) is 13.8 Å². The second-order valence-corrected chi connectivity index (χ2v) is 14.0. The van der Waals surface area contributed by atoms with E-state index < -0.39 is 0 Å². The number of aryl methyl sites for hydroxylation is 4. The average molecular weight is 687 g/mol. The third-order valence-corrected chi connectivity index (χ3v) is 10.3. The zero-order valence-corrected chi connectivity index (χ0v) is 32.8. The van der Waals surface area contributed by atoms with Gasteiger partial charge in [-0.05, 0) is 101 Å². The van der Waals surface area contributed by atoms with Crippen LogP contribution in [-0.4, -0.2) is 26.2 Å². The first-order valence-corrected chi connectivity index (χ1v) is 20.0. The zero-order chi connectivity index (χ0) is 36.3. The van der Waals surface area contributed by atoms with Crippen molar-refractivity contribution >= 4 is 35.7 Å². The standard InChI is InChI=1S/C47H66N4/c1-7-50(8-2)46-28-22-42(23-29-46)20-26-44-32-36-48(38-40(44)5)34-18-16-14-12-11-13-15-17-19-35-49-37-33-45(41(6)39-49)27-21-43-24-30-47(31-25-43)51(9-3)10-4/h20-33,36-39H,7-19,34-35H2,1-6H3/q+2. The van der Waals surface area contributed by atoms with Crippen LogP contribution in [0.4, 0.5) is 11.4 Å². The molecule has 0 radical (unpaired) electrons. The van der Waals surface area contributed by atoms with Crippen LogP contribution in [0.1, 0.15) is 119 Å². The van der Waals surface area contributed by atoms with E-state index in [1.54, 1.807) is 0 Å². The molecule has 4 rings (SSSR count). The Bertz CT molecular complexity index is 1500. The Hall–Kier alpha value is -4.18. The van der Waals surface area contributed by atoms with E-state index in [4.69, 9.17) is 0 Å². The minimum absolute atomic E-state index is 1.04. The first-order valence-electron chi connectivity index (χ1n) is 20.0. The summed E-state index contributed by atoms with van der Waals surface area (Å²) in [6, 6.07) is 22.3. The summed E-state index contributed by atoms with van der Waals surface area (Å²) >= 11 is 0. The Morgan fingerprint density at radius 3 is 1.08 bits per heavy atom. The average Bonchev–Trinajstić information content (AvgIpc) is 3.15. The Kier molecular flexibility index (Phi) is 17.0. The van der Waals surface area contributed by atoms with Crippen molar-refractivity contribution in [2.24, 2.45) is 0 Å². The molecule has 0 aliphatic heterocycles. The Morgan fingerprint density at radius 1 is 0.431 bits per heavy atom. The number of rotatable bonds is 22. The molecule has 2 aromatic carbocycles. The SMILES string of the molecule is CCN(CC)c1ccc(/C=C/c2cc[n+](CCCCCCCCCCC[n+]3ccc(/C=C/c4ccc(N(CC)CC)cc4)c(C)c3)cc2C)cc1. The van der Waals surface area contributed by atoms with E-state index in [2.05, 4.69) is 170 Å². The molecular weight excluding hydrogens is 621 g/mol. The number of unbranched alkanes of at least 4 members (excludes halogenated alkanes) is 8. The molecule has 0 bridgehead atoms. The number of pyridine rings is 2. The van der Waals surface area contributed by atoms with Crippen molar-refractivity contribution in [1.29, 1.82) is 0 Å². The molecule has 0 atom stereocenters. The lowest BCUT2D eigenvalue weighted by Gasteiger charge is -2.20. The van der Waals surface area contributed by atoms with Gasteiger partial charge in [0.15, 0.2) is 24.8 Å². The highest BCUT2D eigenvalue weighted by molar-refractivity contribution is 5.72. The number of aromatic nitrogens is 2. The predicted molar refractivity (Wildman–Crippen MR) is 222 cm³/mol. The number of nitrogens with zero attached hydrogens (tertiary/aromatic N) is 4. The number of benzene rings is 2. The molecule has 4 heteroatoms. The predicted octanol–water partition coefficient (Wildman–Crippen LogP) is 11.1. The van der Waals surface area contributed by atoms with Crippen LogP contribution in [0.25, 0.3) is 24.3 Å². The van der Waals surface area contributed by atoms with Crippen LogP contribution in [0.3, 0.4) is 0 Å². The fourth-order valence-electron chi connectivity index (χ4n) is 6.97. The van der Waals surface area contributed by atoms with Crippen LogP contribution in [-0.2, 0) is 13.1 Å². The molecule has 2 heterocycles. The van der Waals surface area contributed by atoms with E-state index in [0.29, 0.717) is 0 Å². The third-order valence-electron chi connectivity index (χ3n) is 10.3. The van der Waals surface area contributed by atoms with E-state index in [9.17, 15) is 0 Å². The molecule has 0 aliphatic carbocycles. The first-order chi connectivity index (χ1) is 24.9. The van der Waals surface area contributed by atoms with Gasteiger partial charge in [-0.25, -0.2) is 9.13 Å². The van der Waals surface area contributed by atoms with Crippen LogP contribution >= 0.6 is 0 Å². The van der Waals surface area contributed by atoms with Gasteiger partial charge in [-0.3, -0.25) is 0 Å². The lowest BCUT2D eigenvalue weighted by atomic mass is 10.1. The van der Waals surface area contributed by atoms with Crippen LogP contribution in [0.15, 0.2) is 85.5 Å². The van der Waals surface area contributed by atoms with Crippen LogP contribution in [0.5, 0.6) is 0 Å². The lowest BCUT2D eigenvalue weighted by molar-refractivity contribution is -0.697. The first kappa shape index (κ1) is 39.6. The molecule has 2 aromatic heterocycles. The fraction of sp³-hybridized carbons (Fsp3) is 0.447. The highest BCUT2D eigenvalue weighted by atomic mass is 15.1. The number of anilines is 2. The molecule has 0 fully saturated rings. The molecule has 0 unspecified atom stereocenters. The molecular formula is C47H66N4+2. The second kappa shape index (κ2) is 21.9. The summed E-state index contributed by atoms with van der Waals surface area (Å²) in [5, 5.41) is 0. The van der Waals surface area contributed by atoms with Gasteiger partial charge in [0.1, 0.15) is 13.1 Å². The van der Waals surface area contributed by atoms with Crippen LogP contribution in [0.2, 0.25) is 0 Å². The topological polar surface area (TPSA) is 14.2 Å². The largest absolute Gasteiger partial charge is 0.372 e. The third kappa shape index (κ3) is 13.1. The Morgan fingerprint density at radius 2 is 0.765 bits per heavy atom. The van der Waals surface area contributed by atoms with Crippen molar-refractivity contribution in [3.05, 3.63) is 119 Å². The van der Waals surface area contributed by atoms with E-state index in [-0.39, 0.29) is 0 Å². The summed E-state index contributed by atoms with van der Waals surface area (Å²) in [5.74, 6) is 0. The maximum atomic E-state index is 2.38. The molecule has 51 heavy (non-hydrogen) atoms. The normalized spacial score (nSPS) is 11.6. The van der Waals surface area contributed by atoms with Crippen molar-refractivity contribution in [1.82, 2.24) is 0 Å². The van der Waals surface area contributed by atoms with Crippen molar-refractivity contribution in [3.63, 3.8) is 0 Å². The maximum absolute atomic E-state index is 2.38. The molecule has 272 valence electrons. The van der Waals surface area contributed by atoms with Gasteiger partial charge in [0.2, 0.25) is 0 Å². The molecule has 4 aromatic rings. The van der Waals surface area contributed by atoms with E-state index >= 15 is 0 Å². The summed E-state index contributed by atoms with van der Waals surface area (Å²) in [4.78, 5) is 4.76. The van der Waals surface area contributed by atoms with Crippen molar-refractivity contribution < 1.29 is 9.13 Å². The zero-order valence-electron chi connectivity index (χ0n) is 32.8. The summed E-state index contributed by atoms with van der Waals surface area (Å²) < 4.78 is 4.73. The molecule has 4 nitrogen and oxygen atoms in total. The van der Waals surface area contributed by atoms with E-state index in [0.717, 1.165) is 39.3 Å². The summed E-state index contributed by atoms with van der Waals surface area (Å²) in [7, 11) is 0. The van der Waals surface area contributed by atoms with Gasteiger partial charge in [0.05, 0.1) is 0 Å². The van der Waals surface area contributed by atoms with Crippen LogP contribution < -0.4 is 18.9 Å². The smallest absolute Gasteiger partial charge is 0.172 e. The summed E-state index contributed by atoms with van der Waals surface area (Å²) in [6.45, 7) is 19.7. The van der Waals surface area contributed by atoms with Gasteiger partial charge in [-0.2, -0.15) is 0 Å². The van der Waals surface area contributed by atoms with Crippen molar-refractivity contribution in [2.45, 2.75) is 112 Å².